The summed E-state index contributed by atoms with van der Waals surface area (Å²) < 4.78 is 0. The smallest absolute Gasteiger partial charge is 0.0367 e. The standard InChI is InChI=1S/C17H27N3/c1-2-17(18)14-6-8-15(9-7-14)20-12-11-19-10-4-3-5-16(19)13-20/h6-9,16-17H,2-5,10-13,18H2,1H3/t16?,17-/m1/s1. The zero-order chi connectivity index (χ0) is 13.9. The molecule has 1 unspecified atom stereocenters. The summed E-state index contributed by atoms with van der Waals surface area (Å²) in [4.78, 5) is 5.23. The van der Waals surface area contributed by atoms with E-state index in [-0.39, 0.29) is 6.04 Å². The number of fused-ring (bicyclic) bond motifs is 1. The lowest BCUT2D eigenvalue weighted by Gasteiger charge is -2.45. The largest absolute Gasteiger partial charge is 0.369 e. The van der Waals surface area contributed by atoms with E-state index in [9.17, 15) is 0 Å². The van der Waals surface area contributed by atoms with E-state index < -0.39 is 0 Å². The zero-order valence-electron chi connectivity index (χ0n) is 12.6. The zero-order valence-corrected chi connectivity index (χ0v) is 12.6. The molecule has 3 rings (SSSR count). The first-order chi connectivity index (χ1) is 9.78. The minimum absolute atomic E-state index is 0.180. The average Bonchev–Trinajstić information content (AvgIpc) is 2.54. The molecule has 0 amide bonds. The Labute approximate surface area is 122 Å². The van der Waals surface area contributed by atoms with Crippen LogP contribution in [0.25, 0.3) is 0 Å². The summed E-state index contributed by atoms with van der Waals surface area (Å²) in [6.45, 7) is 7.03. The second-order valence-electron chi connectivity index (χ2n) is 6.24. The lowest BCUT2D eigenvalue weighted by molar-refractivity contribution is 0.133. The predicted molar refractivity (Wildman–Crippen MR) is 85.1 cm³/mol. The molecule has 0 saturated carbocycles. The van der Waals surface area contributed by atoms with Gasteiger partial charge in [-0.3, -0.25) is 4.90 Å². The summed E-state index contributed by atoms with van der Waals surface area (Å²) in [5, 5.41) is 0. The van der Waals surface area contributed by atoms with Gasteiger partial charge in [0.25, 0.3) is 0 Å². The molecule has 0 radical (unpaired) electrons. The van der Waals surface area contributed by atoms with Gasteiger partial charge in [0.05, 0.1) is 0 Å². The normalized spacial score (nSPS) is 25.3. The van der Waals surface area contributed by atoms with Crippen molar-refractivity contribution in [3.05, 3.63) is 29.8 Å². The molecule has 20 heavy (non-hydrogen) atoms. The minimum atomic E-state index is 0.180. The van der Waals surface area contributed by atoms with Gasteiger partial charge in [0.15, 0.2) is 0 Å². The van der Waals surface area contributed by atoms with Gasteiger partial charge >= 0.3 is 0 Å². The van der Waals surface area contributed by atoms with E-state index in [0.717, 1.165) is 19.0 Å². The molecule has 0 aliphatic carbocycles. The molecular weight excluding hydrogens is 246 g/mol. The Morgan fingerprint density at radius 1 is 1.15 bits per heavy atom. The molecule has 2 atom stereocenters. The number of piperidine rings is 1. The highest BCUT2D eigenvalue weighted by Gasteiger charge is 2.28. The third kappa shape index (κ3) is 2.84. The van der Waals surface area contributed by atoms with Crippen LogP contribution in [0.15, 0.2) is 24.3 Å². The highest BCUT2D eigenvalue weighted by atomic mass is 15.3. The van der Waals surface area contributed by atoms with Gasteiger partial charge in [0.1, 0.15) is 0 Å². The van der Waals surface area contributed by atoms with Gasteiger partial charge in [-0.15, -0.1) is 0 Å². The van der Waals surface area contributed by atoms with Crippen LogP contribution in [0.4, 0.5) is 5.69 Å². The molecule has 0 aromatic heterocycles. The quantitative estimate of drug-likeness (QED) is 0.919. The van der Waals surface area contributed by atoms with Crippen LogP contribution in [0.1, 0.15) is 44.2 Å². The molecule has 2 N–H and O–H groups in total. The molecule has 3 heteroatoms. The van der Waals surface area contributed by atoms with Crippen molar-refractivity contribution in [2.75, 3.05) is 31.1 Å². The maximum Gasteiger partial charge on any atom is 0.0367 e. The molecule has 2 aliphatic heterocycles. The van der Waals surface area contributed by atoms with Crippen LogP contribution < -0.4 is 10.6 Å². The molecule has 1 aromatic carbocycles. The Balaban J connectivity index is 1.67. The van der Waals surface area contributed by atoms with Crippen molar-refractivity contribution in [1.29, 1.82) is 0 Å². The number of anilines is 1. The maximum absolute atomic E-state index is 6.09. The van der Waals surface area contributed by atoms with Gasteiger partial charge in [-0.25, -0.2) is 0 Å². The lowest BCUT2D eigenvalue weighted by atomic mass is 9.99. The summed E-state index contributed by atoms with van der Waals surface area (Å²) >= 11 is 0. The minimum Gasteiger partial charge on any atom is -0.369 e. The highest BCUT2D eigenvalue weighted by molar-refractivity contribution is 5.48. The van der Waals surface area contributed by atoms with E-state index in [2.05, 4.69) is 41.0 Å². The number of rotatable bonds is 3. The van der Waals surface area contributed by atoms with Crippen LogP contribution in [-0.4, -0.2) is 37.1 Å². The van der Waals surface area contributed by atoms with Crippen molar-refractivity contribution < 1.29 is 0 Å². The summed E-state index contributed by atoms with van der Waals surface area (Å²) in [5.41, 5.74) is 8.71. The van der Waals surface area contributed by atoms with Gasteiger partial charge < -0.3 is 10.6 Å². The van der Waals surface area contributed by atoms with Gasteiger partial charge in [-0.1, -0.05) is 25.5 Å². The van der Waals surface area contributed by atoms with Gasteiger partial charge in [-0.2, -0.15) is 0 Å². The number of benzene rings is 1. The maximum atomic E-state index is 6.09. The SMILES string of the molecule is CC[C@@H](N)c1ccc(N2CCN3CCCCC3C2)cc1. The predicted octanol–water partition coefficient (Wildman–Crippen LogP) is 2.77. The number of nitrogens with two attached hydrogens (primary N) is 1. The Kier molecular flexibility index (Phi) is 4.27. The van der Waals surface area contributed by atoms with E-state index in [1.807, 2.05) is 0 Å². The molecule has 2 fully saturated rings. The molecule has 1 aromatic rings. The number of hydrogen-bond acceptors (Lipinski definition) is 3. The van der Waals surface area contributed by atoms with Crippen LogP contribution in [-0.2, 0) is 0 Å². The van der Waals surface area contributed by atoms with E-state index in [1.54, 1.807) is 0 Å². The van der Waals surface area contributed by atoms with Crippen molar-refractivity contribution >= 4 is 5.69 Å². The number of hydrogen-bond donors (Lipinski definition) is 1. The summed E-state index contributed by atoms with van der Waals surface area (Å²) in [7, 11) is 0. The van der Waals surface area contributed by atoms with Crippen LogP contribution in [0, 0.1) is 0 Å². The molecule has 0 spiro atoms. The van der Waals surface area contributed by atoms with Crippen LogP contribution in [0.5, 0.6) is 0 Å². The second-order valence-corrected chi connectivity index (χ2v) is 6.24. The highest BCUT2D eigenvalue weighted by Crippen LogP contribution is 2.26. The summed E-state index contributed by atoms with van der Waals surface area (Å²) in [6, 6.07) is 9.87. The van der Waals surface area contributed by atoms with Crippen molar-refractivity contribution in [3.8, 4) is 0 Å². The van der Waals surface area contributed by atoms with E-state index >= 15 is 0 Å². The Hall–Kier alpha value is -1.06. The summed E-state index contributed by atoms with van der Waals surface area (Å²) in [6.07, 6.45) is 5.16. The van der Waals surface area contributed by atoms with Gasteiger partial charge in [-0.05, 0) is 43.5 Å². The second kappa shape index (κ2) is 6.15. The first-order valence-corrected chi connectivity index (χ1v) is 8.12. The van der Waals surface area contributed by atoms with Crippen molar-refractivity contribution in [3.63, 3.8) is 0 Å². The molecule has 2 saturated heterocycles. The Bertz CT molecular complexity index is 428. The van der Waals surface area contributed by atoms with Crippen LogP contribution in [0.2, 0.25) is 0 Å². The van der Waals surface area contributed by atoms with Gasteiger partial charge in [0, 0.05) is 37.4 Å². The summed E-state index contributed by atoms with van der Waals surface area (Å²) in [5.74, 6) is 0. The van der Waals surface area contributed by atoms with Crippen molar-refractivity contribution in [1.82, 2.24) is 4.90 Å². The third-order valence-electron chi connectivity index (χ3n) is 4.96. The average molecular weight is 273 g/mol. The first-order valence-electron chi connectivity index (χ1n) is 8.12. The Morgan fingerprint density at radius 2 is 1.95 bits per heavy atom. The fraction of sp³-hybridized carbons (Fsp3) is 0.647. The molecule has 2 heterocycles. The van der Waals surface area contributed by atoms with E-state index in [0.29, 0.717) is 0 Å². The molecular formula is C17H27N3. The number of piperazine rings is 1. The van der Waals surface area contributed by atoms with E-state index in [1.165, 1.54) is 50.1 Å². The lowest BCUT2D eigenvalue weighted by Crippen LogP contribution is -2.54. The fourth-order valence-corrected chi connectivity index (χ4v) is 3.56. The van der Waals surface area contributed by atoms with E-state index in [4.69, 9.17) is 5.73 Å². The Morgan fingerprint density at radius 3 is 2.70 bits per heavy atom. The molecule has 0 bridgehead atoms. The van der Waals surface area contributed by atoms with Gasteiger partial charge in [0.2, 0.25) is 0 Å². The monoisotopic (exact) mass is 273 g/mol. The molecule has 2 aliphatic rings. The third-order valence-corrected chi connectivity index (χ3v) is 4.96. The van der Waals surface area contributed by atoms with Crippen LogP contribution >= 0.6 is 0 Å². The van der Waals surface area contributed by atoms with Crippen LogP contribution in [0.3, 0.4) is 0 Å². The number of nitrogens with zero attached hydrogens (tertiary/aromatic N) is 2. The van der Waals surface area contributed by atoms with Crippen molar-refractivity contribution in [2.45, 2.75) is 44.7 Å². The fourth-order valence-electron chi connectivity index (χ4n) is 3.56. The molecule has 110 valence electrons. The first kappa shape index (κ1) is 13.9. The van der Waals surface area contributed by atoms with Crippen molar-refractivity contribution in [2.24, 2.45) is 5.73 Å². The topological polar surface area (TPSA) is 32.5 Å². The molecule has 3 nitrogen and oxygen atoms in total.